The molecule has 0 aromatic rings. The number of hydrogen-bond acceptors (Lipinski definition) is 2. The zero-order valence-corrected chi connectivity index (χ0v) is 9.95. The van der Waals surface area contributed by atoms with Gasteiger partial charge in [0.2, 0.25) is 0 Å². The Hall–Kier alpha value is -1.05. The van der Waals surface area contributed by atoms with Gasteiger partial charge >= 0.3 is 5.97 Å². The maximum atomic E-state index is 11.0. The average Bonchev–Trinajstić information content (AvgIpc) is 2.66. The number of carbonyl (C=O) groups excluding carboxylic acids is 1. The molecule has 1 fully saturated rings. The van der Waals surface area contributed by atoms with Crippen LogP contribution < -0.4 is 0 Å². The highest BCUT2D eigenvalue weighted by Gasteiger charge is 2.24. The van der Waals surface area contributed by atoms with Gasteiger partial charge in [-0.3, -0.25) is 4.79 Å². The summed E-state index contributed by atoms with van der Waals surface area (Å²) in [6, 6.07) is 0. The van der Waals surface area contributed by atoms with Crippen LogP contribution in [-0.2, 0) is 9.53 Å². The van der Waals surface area contributed by atoms with Gasteiger partial charge in [-0.1, -0.05) is 18.2 Å². The standard InChI is InChI=1S/C14H20O2/c1-11(15)16-14-9-5-8-13(14)10-12-6-3-2-4-7-12/h2-3,10,12,14H,4-9H2,1H3/b13-10-. The van der Waals surface area contributed by atoms with E-state index in [1.54, 1.807) is 0 Å². The fraction of sp³-hybridized carbons (Fsp3) is 0.643. The van der Waals surface area contributed by atoms with Gasteiger partial charge in [0.1, 0.15) is 6.10 Å². The normalized spacial score (nSPS) is 31.9. The van der Waals surface area contributed by atoms with Crippen LogP contribution in [0.25, 0.3) is 0 Å². The van der Waals surface area contributed by atoms with Gasteiger partial charge in [-0.2, -0.15) is 0 Å². The van der Waals surface area contributed by atoms with Gasteiger partial charge in [0.05, 0.1) is 0 Å². The molecule has 0 aliphatic heterocycles. The molecule has 0 aromatic carbocycles. The molecule has 2 unspecified atom stereocenters. The van der Waals surface area contributed by atoms with Gasteiger partial charge in [0, 0.05) is 6.92 Å². The van der Waals surface area contributed by atoms with E-state index in [0.717, 1.165) is 25.7 Å². The molecule has 0 radical (unpaired) electrons. The minimum atomic E-state index is -0.152. The van der Waals surface area contributed by atoms with Crippen LogP contribution in [0.5, 0.6) is 0 Å². The van der Waals surface area contributed by atoms with Gasteiger partial charge in [-0.25, -0.2) is 0 Å². The van der Waals surface area contributed by atoms with Crippen LogP contribution in [0.4, 0.5) is 0 Å². The smallest absolute Gasteiger partial charge is 0.303 e. The van der Waals surface area contributed by atoms with Crippen molar-refractivity contribution >= 4 is 5.97 Å². The van der Waals surface area contributed by atoms with Crippen LogP contribution in [0.1, 0.15) is 45.4 Å². The van der Waals surface area contributed by atoms with Gasteiger partial charge in [0.25, 0.3) is 0 Å². The Bertz CT molecular complexity index is 315. The summed E-state index contributed by atoms with van der Waals surface area (Å²) in [5.74, 6) is 0.512. The summed E-state index contributed by atoms with van der Waals surface area (Å²) >= 11 is 0. The topological polar surface area (TPSA) is 26.3 Å². The van der Waals surface area contributed by atoms with Crippen molar-refractivity contribution in [2.45, 2.75) is 51.6 Å². The molecular formula is C14H20O2. The number of rotatable bonds is 2. The summed E-state index contributed by atoms with van der Waals surface area (Å²) in [4.78, 5) is 11.0. The first-order valence-corrected chi connectivity index (χ1v) is 6.28. The average molecular weight is 220 g/mol. The zero-order chi connectivity index (χ0) is 11.4. The third kappa shape index (κ3) is 2.97. The van der Waals surface area contributed by atoms with Crippen molar-refractivity contribution in [3.8, 4) is 0 Å². The van der Waals surface area contributed by atoms with E-state index in [0.29, 0.717) is 5.92 Å². The van der Waals surface area contributed by atoms with Gasteiger partial charge in [-0.15, -0.1) is 0 Å². The van der Waals surface area contributed by atoms with E-state index in [9.17, 15) is 4.79 Å². The van der Waals surface area contributed by atoms with Gasteiger partial charge < -0.3 is 4.74 Å². The third-order valence-corrected chi connectivity index (χ3v) is 3.41. The van der Waals surface area contributed by atoms with Crippen molar-refractivity contribution < 1.29 is 9.53 Å². The first kappa shape index (κ1) is 11.4. The van der Waals surface area contributed by atoms with Crippen molar-refractivity contribution in [1.29, 1.82) is 0 Å². The number of ether oxygens (including phenoxy) is 1. The Balaban J connectivity index is 1.98. The first-order chi connectivity index (χ1) is 7.75. The third-order valence-electron chi connectivity index (χ3n) is 3.41. The van der Waals surface area contributed by atoms with Crippen molar-refractivity contribution in [3.63, 3.8) is 0 Å². The summed E-state index contributed by atoms with van der Waals surface area (Å²) in [5.41, 5.74) is 1.36. The summed E-state index contributed by atoms with van der Waals surface area (Å²) in [5, 5.41) is 0. The lowest BCUT2D eigenvalue weighted by Gasteiger charge is -2.17. The van der Waals surface area contributed by atoms with E-state index < -0.39 is 0 Å². The van der Waals surface area contributed by atoms with Crippen LogP contribution in [0.3, 0.4) is 0 Å². The van der Waals surface area contributed by atoms with Crippen molar-refractivity contribution in [2.75, 3.05) is 0 Å². The molecule has 0 saturated heterocycles. The zero-order valence-electron chi connectivity index (χ0n) is 9.95. The monoisotopic (exact) mass is 220 g/mol. The van der Waals surface area contributed by atoms with Crippen molar-refractivity contribution in [2.24, 2.45) is 5.92 Å². The molecule has 2 aliphatic carbocycles. The van der Waals surface area contributed by atoms with Crippen LogP contribution in [0.2, 0.25) is 0 Å². The molecule has 2 nitrogen and oxygen atoms in total. The number of carbonyl (C=O) groups is 1. The molecule has 0 aromatic heterocycles. The molecule has 0 bridgehead atoms. The van der Waals surface area contributed by atoms with Gasteiger partial charge in [0.15, 0.2) is 0 Å². The summed E-state index contributed by atoms with van der Waals surface area (Å²) in [6.07, 6.45) is 13.8. The Kier molecular flexibility index (Phi) is 3.81. The lowest BCUT2D eigenvalue weighted by Crippen LogP contribution is -2.15. The molecule has 2 heteroatoms. The highest BCUT2D eigenvalue weighted by atomic mass is 16.5. The van der Waals surface area contributed by atoms with Crippen LogP contribution >= 0.6 is 0 Å². The lowest BCUT2D eigenvalue weighted by molar-refractivity contribution is -0.144. The fourth-order valence-electron chi connectivity index (χ4n) is 2.63. The minimum Gasteiger partial charge on any atom is -0.458 e. The number of esters is 1. The Labute approximate surface area is 97.4 Å². The lowest BCUT2D eigenvalue weighted by atomic mass is 9.91. The maximum absolute atomic E-state index is 11.0. The summed E-state index contributed by atoms with van der Waals surface area (Å²) < 4.78 is 5.34. The summed E-state index contributed by atoms with van der Waals surface area (Å²) in [6.45, 7) is 1.50. The minimum absolute atomic E-state index is 0.0726. The van der Waals surface area contributed by atoms with Crippen molar-refractivity contribution in [1.82, 2.24) is 0 Å². The Morgan fingerprint density at radius 2 is 2.31 bits per heavy atom. The fourth-order valence-corrected chi connectivity index (χ4v) is 2.63. The predicted molar refractivity (Wildman–Crippen MR) is 64.0 cm³/mol. The van der Waals surface area contributed by atoms with E-state index in [1.165, 1.54) is 25.3 Å². The molecule has 2 atom stereocenters. The first-order valence-electron chi connectivity index (χ1n) is 6.28. The molecule has 1 saturated carbocycles. The SMILES string of the molecule is CC(=O)OC1CCC/C1=C/C1CC=CCC1. The molecule has 16 heavy (non-hydrogen) atoms. The highest BCUT2D eigenvalue weighted by molar-refractivity contribution is 5.66. The Morgan fingerprint density at radius 3 is 3.00 bits per heavy atom. The molecular weight excluding hydrogens is 200 g/mol. The van der Waals surface area contributed by atoms with Crippen molar-refractivity contribution in [3.05, 3.63) is 23.8 Å². The molecule has 2 rings (SSSR count). The second-order valence-electron chi connectivity index (χ2n) is 4.78. The molecule has 0 N–H and O–H groups in total. The van der Waals surface area contributed by atoms with Crippen LogP contribution in [0.15, 0.2) is 23.8 Å². The van der Waals surface area contributed by atoms with E-state index in [2.05, 4.69) is 18.2 Å². The number of allylic oxidation sites excluding steroid dienone is 3. The van der Waals surface area contributed by atoms with Gasteiger partial charge in [-0.05, 0) is 50.0 Å². The summed E-state index contributed by atoms with van der Waals surface area (Å²) in [7, 11) is 0. The van der Waals surface area contributed by atoms with E-state index in [1.807, 2.05) is 0 Å². The molecule has 0 heterocycles. The van der Waals surface area contributed by atoms with Crippen LogP contribution in [-0.4, -0.2) is 12.1 Å². The largest absolute Gasteiger partial charge is 0.458 e. The highest BCUT2D eigenvalue weighted by Crippen LogP contribution is 2.31. The second kappa shape index (κ2) is 5.33. The Morgan fingerprint density at radius 1 is 1.44 bits per heavy atom. The molecule has 88 valence electrons. The van der Waals surface area contributed by atoms with E-state index in [4.69, 9.17) is 4.74 Å². The second-order valence-corrected chi connectivity index (χ2v) is 4.78. The van der Waals surface area contributed by atoms with E-state index in [-0.39, 0.29) is 12.1 Å². The maximum Gasteiger partial charge on any atom is 0.303 e. The molecule has 0 amide bonds. The molecule has 2 aliphatic rings. The molecule has 0 spiro atoms. The van der Waals surface area contributed by atoms with Crippen LogP contribution in [0, 0.1) is 5.92 Å². The van der Waals surface area contributed by atoms with E-state index >= 15 is 0 Å². The number of hydrogen-bond donors (Lipinski definition) is 0. The predicted octanol–water partition coefficient (Wildman–Crippen LogP) is 3.38. The quantitative estimate of drug-likeness (QED) is 0.526.